The molecule has 0 spiro atoms. The van der Waals surface area contributed by atoms with Crippen molar-refractivity contribution in [3.05, 3.63) is 108 Å². The summed E-state index contributed by atoms with van der Waals surface area (Å²) < 4.78 is 46.7. The molecule has 1 heterocycles. The highest BCUT2D eigenvalue weighted by Gasteiger charge is 2.31. The third kappa shape index (κ3) is 3.69. The minimum absolute atomic E-state index is 0.265. The maximum atomic E-state index is 12.9. The summed E-state index contributed by atoms with van der Waals surface area (Å²) in [6.07, 6.45) is -2.49. The Bertz CT molecular complexity index is 1020. The molecular formula is C23H17F3NO+. The summed E-state index contributed by atoms with van der Waals surface area (Å²) in [6.45, 7) is 0.265. The van der Waals surface area contributed by atoms with Gasteiger partial charge in [-0.1, -0.05) is 48.5 Å². The van der Waals surface area contributed by atoms with Gasteiger partial charge in [-0.2, -0.15) is 17.7 Å². The molecular weight excluding hydrogens is 363 g/mol. The molecule has 0 amide bonds. The van der Waals surface area contributed by atoms with E-state index >= 15 is 0 Å². The van der Waals surface area contributed by atoms with E-state index < -0.39 is 11.7 Å². The lowest BCUT2D eigenvalue weighted by molar-refractivity contribution is -0.483. The quantitative estimate of drug-likeness (QED) is 0.518. The fourth-order valence-electron chi connectivity index (χ4n) is 3.11. The summed E-state index contributed by atoms with van der Waals surface area (Å²) in [5.74, 6) is 0.683. The number of para-hydroxylation sites is 1. The van der Waals surface area contributed by atoms with Gasteiger partial charge in [0.1, 0.15) is 5.76 Å². The van der Waals surface area contributed by atoms with Crippen molar-refractivity contribution in [3.63, 3.8) is 0 Å². The number of rotatable bonds is 3. The molecule has 0 radical (unpaired) electrons. The third-order valence-corrected chi connectivity index (χ3v) is 4.54. The van der Waals surface area contributed by atoms with E-state index in [1.54, 1.807) is 0 Å². The van der Waals surface area contributed by atoms with Gasteiger partial charge in [0.25, 0.3) is 6.73 Å². The molecule has 0 saturated carbocycles. The fraction of sp³-hybridized carbons (Fsp3) is 0.0870. The normalized spacial score (nSPS) is 14.5. The first-order valence-electron chi connectivity index (χ1n) is 8.79. The molecule has 0 unspecified atom stereocenters. The van der Waals surface area contributed by atoms with Gasteiger partial charge in [0.05, 0.1) is 11.6 Å². The summed E-state index contributed by atoms with van der Waals surface area (Å²) in [4.78, 5) is 0. The van der Waals surface area contributed by atoms with Gasteiger partial charge in [-0.05, 0) is 24.3 Å². The molecule has 0 atom stereocenters. The zero-order chi connectivity index (χ0) is 19.6. The zero-order valence-electron chi connectivity index (χ0n) is 14.9. The standard InChI is InChI=1S/C23H17F3NO/c24-23(25,26)19-13-11-17(12-14-19)21-15-22(18-7-3-1-4-8-18)28-16-27(21)20-9-5-2-6-10-20/h1-15H,16H2/q+1. The van der Waals surface area contributed by atoms with Gasteiger partial charge in [0, 0.05) is 23.3 Å². The number of alkyl halides is 3. The van der Waals surface area contributed by atoms with Crippen molar-refractivity contribution in [2.45, 2.75) is 6.18 Å². The first-order valence-corrected chi connectivity index (χ1v) is 8.79. The molecule has 0 bridgehead atoms. The van der Waals surface area contributed by atoms with E-state index in [1.807, 2.05) is 71.3 Å². The fourth-order valence-corrected chi connectivity index (χ4v) is 3.11. The Balaban J connectivity index is 1.83. The summed E-state index contributed by atoms with van der Waals surface area (Å²) in [7, 11) is 0. The van der Waals surface area contributed by atoms with Crippen LogP contribution in [0.5, 0.6) is 0 Å². The smallest absolute Gasteiger partial charge is 0.416 e. The Kier molecular flexibility index (Phi) is 4.74. The largest absolute Gasteiger partial charge is 0.435 e. The highest BCUT2D eigenvalue weighted by atomic mass is 19.4. The second kappa shape index (κ2) is 7.35. The first-order chi connectivity index (χ1) is 13.5. The van der Waals surface area contributed by atoms with Crippen molar-refractivity contribution in [1.82, 2.24) is 0 Å². The lowest BCUT2D eigenvalue weighted by atomic mass is 10.0. The molecule has 1 aliphatic heterocycles. The number of hydrogen-bond donors (Lipinski definition) is 0. The van der Waals surface area contributed by atoms with Gasteiger partial charge in [-0.15, -0.1) is 0 Å². The van der Waals surface area contributed by atoms with Crippen LogP contribution in [0.4, 0.5) is 18.9 Å². The number of hydrogen-bond acceptors (Lipinski definition) is 1. The highest BCUT2D eigenvalue weighted by molar-refractivity contribution is 6.09. The average Bonchev–Trinajstić information content (AvgIpc) is 2.74. The average molecular weight is 380 g/mol. The van der Waals surface area contributed by atoms with Crippen LogP contribution in [-0.4, -0.2) is 17.0 Å². The van der Waals surface area contributed by atoms with E-state index in [2.05, 4.69) is 0 Å². The number of ether oxygens (including phenoxy) is 1. The van der Waals surface area contributed by atoms with Crippen molar-refractivity contribution < 1.29 is 22.5 Å². The van der Waals surface area contributed by atoms with E-state index in [-0.39, 0.29) is 6.73 Å². The van der Waals surface area contributed by atoms with Gasteiger partial charge in [0.2, 0.25) is 11.4 Å². The predicted molar refractivity (Wildman–Crippen MR) is 102 cm³/mol. The van der Waals surface area contributed by atoms with E-state index in [0.29, 0.717) is 11.3 Å². The van der Waals surface area contributed by atoms with E-state index in [0.717, 1.165) is 29.1 Å². The van der Waals surface area contributed by atoms with E-state index in [1.165, 1.54) is 12.1 Å². The van der Waals surface area contributed by atoms with Crippen LogP contribution in [0.2, 0.25) is 0 Å². The minimum atomic E-state index is -4.36. The maximum absolute atomic E-state index is 12.9. The van der Waals surface area contributed by atoms with E-state index in [4.69, 9.17) is 4.74 Å². The highest BCUT2D eigenvalue weighted by Crippen LogP contribution is 2.30. The number of benzene rings is 3. The molecule has 1 aliphatic rings. The van der Waals surface area contributed by atoms with Gasteiger partial charge in [0.15, 0.2) is 0 Å². The molecule has 4 rings (SSSR count). The molecule has 5 heteroatoms. The Morgan fingerprint density at radius 3 is 1.93 bits per heavy atom. The monoisotopic (exact) mass is 380 g/mol. The van der Waals surface area contributed by atoms with E-state index in [9.17, 15) is 13.2 Å². The molecule has 28 heavy (non-hydrogen) atoms. The first kappa shape index (κ1) is 18.0. The molecule has 3 aromatic carbocycles. The molecule has 0 saturated heterocycles. The Morgan fingerprint density at radius 1 is 0.714 bits per heavy atom. The molecule has 0 aliphatic carbocycles. The van der Waals surface area contributed by atoms with Crippen molar-refractivity contribution in [2.75, 3.05) is 6.73 Å². The molecule has 2 nitrogen and oxygen atoms in total. The number of nitrogens with zero attached hydrogens (tertiary/aromatic N) is 1. The molecule has 0 N–H and O–H groups in total. The molecule has 0 fully saturated rings. The zero-order valence-corrected chi connectivity index (χ0v) is 14.9. The maximum Gasteiger partial charge on any atom is 0.416 e. The van der Waals surface area contributed by atoms with Crippen molar-refractivity contribution in [2.24, 2.45) is 0 Å². The minimum Gasteiger partial charge on any atom is -0.435 e. The van der Waals surface area contributed by atoms with Gasteiger partial charge < -0.3 is 4.74 Å². The van der Waals surface area contributed by atoms with Gasteiger partial charge in [-0.3, -0.25) is 0 Å². The SMILES string of the molecule is FC(F)(F)c1ccc(C2=[N+](c3ccccc3)COC(c3ccccc3)=C2)cc1. The second-order valence-corrected chi connectivity index (χ2v) is 6.37. The van der Waals surface area contributed by atoms with Crippen LogP contribution in [-0.2, 0) is 10.9 Å². The van der Waals surface area contributed by atoms with Crippen LogP contribution < -0.4 is 0 Å². The Morgan fingerprint density at radius 2 is 1.32 bits per heavy atom. The lowest BCUT2D eigenvalue weighted by Gasteiger charge is -2.17. The van der Waals surface area contributed by atoms with Crippen LogP contribution >= 0.6 is 0 Å². The summed E-state index contributed by atoms with van der Waals surface area (Å²) in [6, 6.07) is 24.5. The Hall–Kier alpha value is -3.34. The molecule has 0 aromatic heterocycles. The van der Waals surface area contributed by atoms with Gasteiger partial charge >= 0.3 is 6.18 Å². The van der Waals surface area contributed by atoms with Crippen molar-refractivity contribution >= 4 is 17.2 Å². The van der Waals surface area contributed by atoms with Gasteiger partial charge in [-0.25, -0.2) is 0 Å². The van der Waals surface area contributed by atoms with Crippen LogP contribution in [0.25, 0.3) is 5.76 Å². The van der Waals surface area contributed by atoms with Crippen LogP contribution in [0, 0.1) is 0 Å². The molecule has 3 aromatic rings. The van der Waals surface area contributed by atoms with Crippen LogP contribution in [0.1, 0.15) is 16.7 Å². The predicted octanol–water partition coefficient (Wildman–Crippen LogP) is 5.87. The summed E-state index contributed by atoms with van der Waals surface area (Å²) in [5.41, 5.74) is 2.63. The number of halogens is 3. The van der Waals surface area contributed by atoms with Crippen molar-refractivity contribution in [3.8, 4) is 0 Å². The molecule has 140 valence electrons. The van der Waals surface area contributed by atoms with Crippen LogP contribution in [0.15, 0.2) is 91.0 Å². The topological polar surface area (TPSA) is 12.2 Å². The number of allylic oxidation sites excluding steroid dienone is 1. The van der Waals surface area contributed by atoms with Crippen molar-refractivity contribution in [1.29, 1.82) is 0 Å². The second-order valence-electron chi connectivity index (χ2n) is 6.37. The Labute approximate surface area is 160 Å². The summed E-state index contributed by atoms with van der Waals surface area (Å²) >= 11 is 0. The lowest BCUT2D eigenvalue weighted by Crippen LogP contribution is -2.24. The summed E-state index contributed by atoms with van der Waals surface area (Å²) in [5, 5.41) is 0. The third-order valence-electron chi connectivity index (χ3n) is 4.54. The van der Waals surface area contributed by atoms with Crippen LogP contribution in [0.3, 0.4) is 0 Å².